The molecule has 0 saturated carbocycles. The molecule has 1 N–H and O–H groups in total. The van der Waals surface area contributed by atoms with E-state index in [1.807, 2.05) is 14.1 Å². The minimum absolute atomic E-state index is 0.0241. The van der Waals surface area contributed by atoms with Crippen LogP contribution in [0.2, 0.25) is 0 Å². The van der Waals surface area contributed by atoms with Gasteiger partial charge in [0.05, 0.1) is 14.1 Å². The number of quaternary nitrogens is 1. The number of hydrogen-bond acceptors (Lipinski definition) is 5. The minimum atomic E-state index is -0.722. The number of likely N-dealkylation sites (N-methyl/N-ethyl adjacent to an activating group) is 1. The second-order valence-electron chi connectivity index (χ2n) is 11.6. The fourth-order valence-electron chi connectivity index (χ4n) is 4.61. The Hall–Kier alpha value is -1.14. The molecule has 0 aliphatic carbocycles. The Morgan fingerprint density at radius 2 is 1.00 bits per heavy atom. The fraction of sp³-hybridized carbons (Fsp3) is 0.935. The smallest absolute Gasteiger partial charge is 0.305 e. The van der Waals surface area contributed by atoms with Gasteiger partial charge in [-0.25, -0.2) is 0 Å². The topological polar surface area (TPSA) is 72.8 Å². The standard InChI is InChI=1S/C31H62NO5/c1-5-7-9-11-13-15-17-19-21-23-30(34)36-26-25-32(3,4)27-29(33)28-37-31(35)24-22-20-18-16-14-12-10-8-6-2/h29,33H,5-28H2,1-4H3/q+1. The fourth-order valence-corrected chi connectivity index (χ4v) is 4.61. The molecule has 1 unspecified atom stereocenters. The lowest BCUT2D eigenvalue weighted by molar-refractivity contribution is -0.893. The van der Waals surface area contributed by atoms with Crippen LogP contribution in [-0.4, -0.2) is 68.0 Å². The SMILES string of the molecule is CCCCCCCCCCCC(=O)OCC[N+](C)(C)CC(O)COC(=O)CCCCCCCCCCC. The summed E-state index contributed by atoms with van der Waals surface area (Å²) in [5.41, 5.74) is 0. The molecule has 0 spiro atoms. The summed E-state index contributed by atoms with van der Waals surface area (Å²) in [7, 11) is 3.98. The van der Waals surface area contributed by atoms with Gasteiger partial charge in [-0.1, -0.05) is 117 Å². The summed E-state index contributed by atoms with van der Waals surface area (Å²) in [5.74, 6) is -0.355. The van der Waals surface area contributed by atoms with Crippen molar-refractivity contribution < 1.29 is 28.7 Å². The summed E-state index contributed by atoms with van der Waals surface area (Å²) in [6.45, 7) is 5.90. The highest BCUT2D eigenvalue weighted by Gasteiger charge is 2.22. The molecule has 6 heteroatoms. The minimum Gasteiger partial charge on any atom is -0.463 e. The first-order valence-electron chi connectivity index (χ1n) is 15.6. The van der Waals surface area contributed by atoms with Crippen molar-refractivity contribution in [2.75, 3.05) is 40.4 Å². The van der Waals surface area contributed by atoms with E-state index in [1.54, 1.807) is 0 Å². The van der Waals surface area contributed by atoms with Gasteiger partial charge in [0, 0.05) is 12.8 Å². The normalized spacial score (nSPS) is 12.5. The zero-order valence-electron chi connectivity index (χ0n) is 25.1. The van der Waals surface area contributed by atoms with E-state index in [2.05, 4.69) is 13.8 Å². The van der Waals surface area contributed by atoms with Crippen LogP contribution in [0.4, 0.5) is 0 Å². The lowest BCUT2D eigenvalue weighted by Crippen LogP contribution is -2.48. The molecule has 0 fully saturated rings. The van der Waals surface area contributed by atoms with E-state index in [1.165, 1.54) is 89.9 Å². The second-order valence-corrected chi connectivity index (χ2v) is 11.6. The Morgan fingerprint density at radius 3 is 1.43 bits per heavy atom. The Labute approximate surface area is 229 Å². The van der Waals surface area contributed by atoms with Crippen LogP contribution in [0.3, 0.4) is 0 Å². The van der Waals surface area contributed by atoms with Gasteiger partial charge in [-0.15, -0.1) is 0 Å². The Bertz CT molecular complexity index is 538. The summed E-state index contributed by atoms with van der Waals surface area (Å²) in [6.07, 6.45) is 22.2. The van der Waals surface area contributed by atoms with Gasteiger partial charge in [-0.3, -0.25) is 9.59 Å². The largest absolute Gasteiger partial charge is 0.463 e. The van der Waals surface area contributed by atoms with Crippen LogP contribution in [0.25, 0.3) is 0 Å². The van der Waals surface area contributed by atoms with Gasteiger partial charge in [0.2, 0.25) is 0 Å². The van der Waals surface area contributed by atoms with E-state index < -0.39 is 6.10 Å². The molecule has 37 heavy (non-hydrogen) atoms. The van der Waals surface area contributed by atoms with Gasteiger partial charge in [0.1, 0.15) is 32.4 Å². The molecule has 220 valence electrons. The maximum atomic E-state index is 12.0. The van der Waals surface area contributed by atoms with Crippen molar-refractivity contribution in [3.8, 4) is 0 Å². The number of carbonyl (C=O) groups is 2. The van der Waals surface area contributed by atoms with E-state index in [0.29, 0.717) is 37.0 Å². The molecule has 0 aromatic rings. The molecule has 6 nitrogen and oxygen atoms in total. The van der Waals surface area contributed by atoms with Crippen LogP contribution >= 0.6 is 0 Å². The molecule has 1 atom stereocenters. The third-order valence-corrected chi connectivity index (χ3v) is 7.07. The molecule has 0 aliphatic heterocycles. The van der Waals surface area contributed by atoms with Crippen molar-refractivity contribution in [3.63, 3.8) is 0 Å². The van der Waals surface area contributed by atoms with Crippen molar-refractivity contribution in [1.82, 2.24) is 0 Å². The molecular formula is C31H62NO5+. The van der Waals surface area contributed by atoms with Crippen LogP contribution in [0.1, 0.15) is 142 Å². The average molecular weight is 529 g/mol. The molecule has 0 rings (SSSR count). The molecule has 0 bridgehead atoms. The highest BCUT2D eigenvalue weighted by atomic mass is 16.5. The van der Waals surface area contributed by atoms with Crippen LogP contribution in [0.5, 0.6) is 0 Å². The first-order valence-corrected chi connectivity index (χ1v) is 15.6. The van der Waals surface area contributed by atoms with Crippen molar-refractivity contribution in [3.05, 3.63) is 0 Å². The Morgan fingerprint density at radius 1 is 0.622 bits per heavy atom. The predicted octanol–water partition coefficient (Wildman–Crippen LogP) is 7.35. The van der Waals surface area contributed by atoms with Crippen LogP contribution < -0.4 is 0 Å². The number of hydrogen-bond donors (Lipinski definition) is 1. The van der Waals surface area contributed by atoms with Crippen LogP contribution in [-0.2, 0) is 19.1 Å². The third-order valence-electron chi connectivity index (χ3n) is 7.07. The molecule has 0 aromatic heterocycles. The van der Waals surface area contributed by atoms with E-state index >= 15 is 0 Å². The van der Waals surface area contributed by atoms with E-state index in [-0.39, 0.29) is 18.5 Å². The molecule has 0 aromatic carbocycles. The lowest BCUT2D eigenvalue weighted by Gasteiger charge is -2.31. The quantitative estimate of drug-likeness (QED) is 0.0685. The maximum Gasteiger partial charge on any atom is 0.305 e. The molecule has 0 heterocycles. The lowest BCUT2D eigenvalue weighted by atomic mass is 10.1. The summed E-state index contributed by atoms with van der Waals surface area (Å²) in [4.78, 5) is 24.0. The van der Waals surface area contributed by atoms with Crippen LogP contribution in [0, 0.1) is 0 Å². The van der Waals surface area contributed by atoms with Gasteiger partial charge in [-0.05, 0) is 12.8 Å². The van der Waals surface area contributed by atoms with Crippen molar-refractivity contribution in [2.45, 2.75) is 148 Å². The number of ether oxygens (including phenoxy) is 2. The zero-order chi connectivity index (χ0) is 27.6. The van der Waals surface area contributed by atoms with Gasteiger partial charge in [0.25, 0.3) is 0 Å². The van der Waals surface area contributed by atoms with Crippen molar-refractivity contribution in [1.29, 1.82) is 0 Å². The molecule has 0 aliphatic rings. The monoisotopic (exact) mass is 528 g/mol. The number of aliphatic hydroxyl groups is 1. The number of unbranched alkanes of at least 4 members (excludes halogenated alkanes) is 16. The van der Waals surface area contributed by atoms with Crippen molar-refractivity contribution >= 4 is 11.9 Å². The summed E-state index contributed by atoms with van der Waals surface area (Å²) in [6, 6.07) is 0. The first kappa shape index (κ1) is 35.9. The number of carbonyl (C=O) groups excluding carboxylic acids is 2. The van der Waals surface area contributed by atoms with Crippen LogP contribution in [0.15, 0.2) is 0 Å². The number of rotatable bonds is 27. The molecule has 0 saturated heterocycles. The Kier molecular flexibility index (Phi) is 24.4. The summed E-state index contributed by atoms with van der Waals surface area (Å²) < 4.78 is 11.2. The van der Waals surface area contributed by atoms with E-state index in [0.717, 1.165) is 25.7 Å². The van der Waals surface area contributed by atoms with E-state index in [4.69, 9.17) is 9.47 Å². The van der Waals surface area contributed by atoms with Gasteiger partial charge in [0.15, 0.2) is 0 Å². The maximum absolute atomic E-state index is 12.0. The van der Waals surface area contributed by atoms with Crippen molar-refractivity contribution in [2.24, 2.45) is 0 Å². The van der Waals surface area contributed by atoms with Gasteiger partial charge >= 0.3 is 11.9 Å². The number of aliphatic hydroxyl groups excluding tert-OH is 1. The number of nitrogens with zero attached hydrogens (tertiary/aromatic N) is 1. The highest BCUT2D eigenvalue weighted by Crippen LogP contribution is 2.12. The molecule has 0 radical (unpaired) electrons. The molecule has 0 amide bonds. The van der Waals surface area contributed by atoms with E-state index in [9.17, 15) is 14.7 Å². The Balaban J connectivity index is 3.71. The number of esters is 2. The first-order chi connectivity index (χ1) is 17.8. The zero-order valence-corrected chi connectivity index (χ0v) is 25.1. The molecular weight excluding hydrogens is 466 g/mol. The summed E-state index contributed by atoms with van der Waals surface area (Å²) >= 11 is 0. The summed E-state index contributed by atoms with van der Waals surface area (Å²) in [5, 5.41) is 10.3. The van der Waals surface area contributed by atoms with Gasteiger partial charge < -0.3 is 19.1 Å². The average Bonchev–Trinajstić information content (AvgIpc) is 2.85. The third kappa shape index (κ3) is 26.3. The predicted molar refractivity (Wildman–Crippen MR) is 153 cm³/mol. The second kappa shape index (κ2) is 25.2. The van der Waals surface area contributed by atoms with Gasteiger partial charge in [-0.2, -0.15) is 0 Å². The highest BCUT2D eigenvalue weighted by molar-refractivity contribution is 5.69.